The normalized spacial score (nSPS) is 25.5. The van der Waals surface area contributed by atoms with Crippen molar-refractivity contribution >= 4 is 5.84 Å². The highest BCUT2D eigenvalue weighted by atomic mass is 16.4. The van der Waals surface area contributed by atoms with Gasteiger partial charge in [-0.25, -0.2) is 0 Å². The Balaban J connectivity index is 2.15. The van der Waals surface area contributed by atoms with Gasteiger partial charge in [0.1, 0.15) is 5.84 Å². The molecule has 1 aliphatic carbocycles. The van der Waals surface area contributed by atoms with Gasteiger partial charge in [0.15, 0.2) is 0 Å². The van der Waals surface area contributed by atoms with Gasteiger partial charge in [-0.3, -0.25) is 0 Å². The summed E-state index contributed by atoms with van der Waals surface area (Å²) in [4.78, 5) is 0. The third kappa shape index (κ3) is 5.39. The first-order chi connectivity index (χ1) is 8.99. The van der Waals surface area contributed by atoms with E-state index in [2.05, 4.69) is 17.4 Å². The minimum absolute atomic E-state index is 0.212. The molecule has 1 fully saturated rings. The molecule has 0 aromatic heterocycles. The topological polar surface area (TPSA) is 70.6 Å². The Kier molecular flexibility index (Phi) is 6.63. The number of amidine groups is 1. The fourth-order valence-electron chi connectivity index (χ4n) is 2.87. The number of rotatable bonds is 7. The van der Waals surface area contributed by atoms with E-state index in [4.69, 9.17) is 10.9 Å². The molecule has 4 heteroatoms. The molecule has 0 bridgehead atoms. The van der Waals surface area contributed by atoms with Crippen LogP contribution >= 0.6 is 0 Å². The van der Waals surface area contributed by atoms with E-state index in [0.29, 0.717) is 11.9 Å². The molecular formula is C15H31N3O. The van der Waals surface area contributed by atoms with Crippen molar-refractivity contribution in [1.29, 1.82) is 0 Å². The van der Waals surface area contributed by atoms with E-state index < -0.39 is 0 Å². The summed E-state index contributed by atoms with van der Waals surface area (Å²) in [6.07, 6.45) is 8.75. The standard InChI is InChI=1S/C15H31N3O/c1-4-12-6-8-13(9-7-12)17-11-5-10-15(2,3)14(16)18-19/h12-13,17,19H,4-11H2,1-3H3,(H2,16,18). The molecular weight excluding hydrogens is 238 g/mol. The molecule has 0 amide bonds. The van der Waals surface area contributed by atoms with Gasteiger partial charge in [0.05, 0.1) is 0 Å². The Hall–Kier alpha value is -0.770. The highest BCUT2D eigenvalue weighted by Gasteiger charge is 2.23. The third-order valence-corrected chi connectivity index (χ3v) is 4.64. The summed E-state index contributed by atoms with van der Waals surface area (Å²) < 4.78 is 0. The molecule has 0 radical (unpaired) electrons. The van der Waals surface area contributed by atoms with Gasteiger partial charge in [-0.1, -0.05) is 32.3 Å². The second-order valence-corrected chi connectivity index (χ2v) is 6.55. The Morgan fingerprint density at radius 3 is 2.47 bits per heavy atom. The third-order valence-electron chi connectivity index (χ3n) is 4.64. The molecule has 4 N–H and O–H groups in total. The SMILES string of the molecule is CCC1CCC(NCCCC(C)(C)C(N)=NO)CC1. The zero-order valence-corrected chi connectivity index (χ0v) is 12.8. The van der Waals surface area contributed by atoms with Crippen LogP contribution in [-0.4, -0.2) is 23.6 Å². The minimum atomic E-state index is -0.212. The molecule has 0 spiro atoms. The summed E-state index contributed by atoms with van der Waals surface area (Å²) in [6, 6.07) is 0.703. The summed E-state index contributed by atoms with van der Waals surface area (Å²) >= 11 is 0. The lowest BCUT2D eigenvalue weighted by Crippen LogP contribution is -2.36. The molecule has 0 aromatic carbocycles. The van der Waals surface area contributed by atoms with Crippen LogP contribution < -0.4 is 11.1 Å². The molecule has 0 unspecified atom stereocenters. The van der Waals surface area contributed by atoms with Crippen LogP contribution in [0.25, 0.3) is 0 Å². The summed E-state index contributed by atoms with van der Waals surface area (Å²) in [5.41, 5.74) is 5.47. The van der Waals surface area contributed by atoms with E-state index in [1.54, 1.807) is 0 Å². The van der Waals surface area contributed by atoms with E-state index in [1.165, 1.54) is 32.1 Å². The van der Waals surface area contributed by atoms with Crippen LogP contribution in [0, 0.1) is 11.3 Å². The summed E-state index contributed by atoms with van der Waals surface area (Å²) in [5.74, 6) is 1.29. The van der Waals surface area contributed by atoms with E-state index in [9.17, 15) is 0 Å². The summed E-state index contributed by atoms with van der Waals surface area (Å²) in [5, 5.41) is 15.5. The molecule has 1 rings (SSSR count). The quantitative estimate of drug-likeness (QED) is 0.219. The molecule has 0 heterocycles. The van der Waals surface area contributed by atoms with Crippen molar-refractivity contribution in [2.45, 2.75) is 71.8 Å². The number of hydrogen-bond donors (Lipinski definition) is 3. The van der Waals surface area contributed by atoms with Crippen LogP contribution in [0.3, 0.4) is 0 Å². The van der Waals surface area contributed by atoms with E-state index in [0.717, 1.165) is 25.3 Å². The van der Waals surface area contributed by atoms with Gasteiger partial charge in [-0.15, -0.1) is 0 Å². The van der Waals surface area contributed by atoms with Gasteiger partial charge in [0, 0.05) is 11.5 Å². The predicted molar refractivity (Wildman–Crippen MR) is 80.5 cm³/mol. The molecule has 19 heavy (non-hydrogen) atoms. The van der Waals surface area contributed by atoms with Crippen molar-refractivity contribution in [1.82, 2.24) is 5.32 Å². The average molecular weight is 269 g/mol. The fraction of sp³-hybridized carbons (Fsp3) is 0.933. The monoisotopic (exact) mass is 269 g/mol. The molecule has 4 nitrogen and oxygen atoms in total. The zero-order chi connectivity index (χ0) is 14.3. The Labute approximate surface area is 117 Å². The molecule has 1 saturated carbocycles. The average Bonchev–Trinajstić information content (AvgIpc) is 2.43. The van der Waals surface area contributed by atoms with Crippen molar-refractivity contribution in [3.8, 4) is 0 Å². The maximum absolute atomic E-state index is 8.73. The van der Waals surface area contributed by atoms with Crippen LogP contribution in [0.15, 0.2) is 5.16 Å². The Morgan fingerprint density at radius 1 is 1.32 bits per heavy atom. The van der Waals surface area contributed by atoms with Gasteiger partial charge in [-0.2, -0.15) is 0 Å². The lowest BCUT2D eigenvalue weighted by molar-refractivity contribution is 0.281. The molecule has 0 saturated heterocycles. The van der Waals surface area contributed by atoms with Crippen LogP contribution in [0.5, 0.6) is 0 Å². The van der Waals surface area contributed by atoms with Gasteiger partial charge >= 0.3 is 0 Å². The van der Waals surface area contributed by atoms with Crippen molar-refractivity contribution in [3.05, 3.63) is 0 Å². The summed E-state index contributed by atoms with van der Waals surface area (Å²) in [6.45, 7) is 7.38. The molecule has 0 aromatic rings. The highest BCUT2D eigenvalue weighted by Crippen LogP contribution is 2.27. The van der Waals surface area contributed by atoms with Crippen LogP contribution in [0.2, 0.25) is 0 Å². The van der Waals surface area contributed by atoms with Crippen molar-refractivity contribution in [3.63, 3.8) is 0 Å². The Bertz CT molecular complexity index is 281. The zero-order valence-electron chi connectivity index (χ0n) is 12.8. The fourth-order valence-corrected chi connectivity index (χ4v) is 2.87. The molecule has 112 valence electrons. The lowest BCUT2D eigenvalue weighted by atomic mass is 9.84. The number of nitrogens with two attached hydrogens (primary N) is 1. The number of oxime groups is 1. The maximum atomic E-state index is 8.73. The smallest absolute Gasteiger partial charge is 0.144 e. The molecule has 0 atom stereocenters. The summed E-state index contributed by atoms with van der Waals surface area (Å²) in [7, 11) is 0. The first kappa shape index (κ1) is 16.3. The first-order valence-electron chi connectivity index (χ1n) is 7.71. The van der Waals surface area contributed by atoms with Crippen molar-refractivity contribution in [2.24, 2.45) is 22.2 Å². The molecule has 0 aliphatic heterocycles. The van der Waals surface area contributed by atoms with Crippen LogP contribution in [0.1, 0.15) is 65.7 Å². The van der Waals surface area contributed by atoms with Crippen LogP contribution in [0.4, 0.5) is 0 Å². The molecule has 1 aliphatic rings. The van der Waals surface area contributed by atoms with Crippen molar-refractivity contribution in [2.75, 3.05) is 6.54 Å². The van der Waals surface area contributed by atoms with Crippen LogP contribution in [-0.2, 0) is 0 Å². The van der Waals surface area contributed by atoms with Gasteiger partial charge < -0.3 is 16.3 Å². The van der Waals surface area contributed by atoms with E-state index in [1.807, 2.05) is 13.8 Å². The first-order valence-corrected chi connectivity index (χ1v) is 7.71. The highest BCUT2D eigenvalue weighted by molar-refractivity contribution is 5.85. The van der Waals surface area contributed by atoms with Gasteiger partial charge in [0.25, 0.3) is 0 Å². The number of nitrogens with one attached hydrogen (secondary N) is 1. The minimum Gasteiger partial charge on any atom is -0.409 e. The van der Waals surface area contributed by atoms with Crippen molar-refractivity contribution < 1.29 is 5.21 Å². The van der Waals surface area contributed by atoms with Gasteiger partial charge in [-0.05, 0) is 51.0 Å². The van der Waals surface area contributed by atoms with Gasteiger partial charge in [0.2, 0.25) is 0 Å². The second kappa shape index (κ2) is 7.73. The predicted octanol–water partition coefficient (Wildman–Crippen LogP) is 3.10. The lowest BCUT2D eigenvalue weighted by Gasteiger charge is -2.29. The largest absolute Gasteiger partial charge is 0.409 e. The number of nitrogens with zero attached hydrogens (tertiary/aromatic N) is 1. The van der Waals surface area contributed by atoms with E-state index >= 15 is 0 Å². The van der Waals surface area contributed by atoms with E-state index in [-0.39, 0.29) is 5.41 Å². The number of hydrogen-bond acceptors (Lipinski definition) is 3. The second-order valence-electron chi connectivity index (χ2n) is 6.55. The maximum Gasteiger partial charge on any atom is 0.144 e. The Morgan fingerprint density at radius 2 is 1.95 bits per heavy atom.